The molecule has 1 aromatic rings. The number of likely N-dealkylation sites (N-methyl/N-ethyl adjacent to an activating group) is 1. The largest absolute Gasteiger partial charge is 0.336 e. The second-order valence-electron chi connectivity index (χ2n) is 5.36. The molecule has 9 heteroatoms. The van der Waals surface area contributed by atoms with Gasteiger partial charge >= 0.3 is 0 Å². The molecule has 1 amide bonds. The van der Waals surface area contributed by atoms with Gasteiger partial charge in [-0.15, -0.1) is 0 Å². The average molecular weight is 329 g/mol. The molecule has 1 unspecified atom stereocenters. The molecule has 1 aliphatic heterocycles. The summed E-state index contributed by atoms with van der Waals surface area (Å²) >= 11 is 0. The number of carbonyl (C=O) groups is 1. The van der Waals surface area contributed by atoms with Crippen molar-refractivity contribution >= 4 is 15.9 Å². The van der Waals surface area contributed by atoms with Crippen LogP contribution in [-0.2, 0) is 21.9 Å². The average Bonchev–Trinajstić information content (AvgIpc) is 2.93. The van der Waals surface area contributed by atoms with Crippen LogP contribution in [-0.4, -0.2) is 72.1 Å². The zero-order valence-corrected chi connectivity index (χ0v) is 14.0. The smallest absolute Gasteiger partial charge is 0.238 e. The zero-order valence-electron chi connectivity index (χ0n) is 13.2. The lowest BCUT2D eigenvalue weighted by atomic mass is 10.1. The Morgan fingerprint density at radius 1 is 1.55 bits per heavy atom. The van der Waals surface area contributed by atoms with Crippen LogP contribution in [0.3, 0.4) is 0 Å². The fourth-order valence-corrected chi connectivity index (χ4v) is 3.28. The fourth-order valence-electron chi connectivity index (χ4n) is 2.53. The van der Waals surface area contributed by atoms with Crippen molar-refractivity contribution in [1.82, 2.24) is 24.1 Å². The van der Waals surface area contributed by atoms with Crippen LogP contribution in [0.1, 0.15) is 18.8 Å². The Bertz CT molecular complexity index is 627. The van der Waals surface area contributed by atoms with Crippen LogP contribution in [0.2, 0.25) is 0 Å². The van der Waals surface area contributed by atoms with Crippen molar-refractivity contribution in [3.8, 4) is 0 Å². The number of hydrogen-bond donors (Lipinski definition) is 1. The molecule has 0 aromatic carbocycles. The monoisotopic (exact) mass is 329 g/mol. The van der Waals surface area contributed by atoms with E-state index in [4.69, 9.17) is 0 Å². The summed E-state index contributed by atoms with van der Waals surface area (Å²) in [4.78, 5) is 18.6. The van der Waals surface area contributed by atoms with Gasteiger partial charge in [-0.2, -0.15) is 4.31 Å². The Hall–Kier alpha value is -1.45. The van der Waals surface area contributed by atoms with E-state index in [0.717, 1.165) is 10.1 Å². The van der Waals surface area contributed by atoms with E-state index in [1.54, 1.807) is 18.0 Å². The quantitative estimate of drug-likeness (QED) is 0.762. The van der Waals surface area contributed by atoms with E-state index in [-0.39, 0.29) is 24.2 Å². The Kier molecular flexibility index (Phi) is 5.20. The number of hydrogen-bond acceptors (Lipinski definition) is 5. The van der Waals surface area contributed by atoms with Gasteiger partial charge < -0.3 is 14.8 Å². The van der Waals surface area contributed by atoms with Gasteiger partial charge in [0, 0.05) is 46.1 Å². The van der Waals surface area contributed by atoms with Gasteiger partial charge in [0.15, 0.2) is 0 Å². The SMILES string of the molecule is CCS(=O)(=O)N(C)CC(=O)N1CCNCC1c1nccn1C. The molecule has 0 aliphatic carbocycles. The molecule has 124 valence electrons. The summed E-state index contributed by atoms with van der Waals surface area (Å²) in [5, 5.41) is 3.25. The third kappa shape index (κ3) is 3.47. The van der Waals surface area contributed by atoms with E-state index in [9.17, 15) is 13.2 Å². The number of nitrogens with zero attached hydrogens (tertiary/aromatic N) is 4. The van der Waals surface area contributed by atoms with E-state index < -0.39 is 10.0 Å². The molecule has 0 radical (unpaired) electrons. The molecule has 0 spiro atoms. The number of piperazine rings is 1. The Morgan fingerprint density at radius 2 is 2.27 bits per heavy atom. The minimum atomic E-state index is -3.36. The lowest BCUT2D eigenvalue weighted by Gasteiger charge is -2.36. The molecule has 2 rings (SSSR count). The maximum absolute atomic E-state index is 12.5. The van der Waals surface area contributed by atoms with Gasteiger partial charge in [0.05, 0.1) is 12.3 Å². The molecule has 1 saturated heterocycles. The molecule has 0 bridgehead atoms. The maximum Gasteiger partial charge on any atom is 0.238 e. The minimum Gasteiger partial charge on any atom is -0.336 e. The number of carbonyl (C=O) groups excluding carboxylic acids is 1. The zero-order chi connectivity index (χ0) is 16.3. The lowest BCUT2D eigenvalue weighted by molar-refractivity contribution is -0.134. The first-order chi connectivity index (χ1) is 10.4. The molecular weight excluding hydrogens is 306 g/mol. The van der Waals surface area contributed by atoms with Gasteiger partial charge in [0.2, 0.25) is 15.9 Å². The van der Waals surface area contributed by atoms with Gasteiger partial charge in [0.1, 0.15) is 11.9 Å². The highest BCUT2D eigenvalue weighted by atomic mass is 32.2. The van der Waals surface area contributed by atoms with E-state index in [1.165, 1.54) is 7.05 Å². The van der Waals surface area contributed by atoms with Crippen LogP contribution in [0.4, 0.5) is 0 Å². The predicted molar refractivity (Wildman–Crippen MR) is 82.6 cm³/mol. The maximum atomic E-state index is 12.5. The molecular formula is C13H23N5O3S. The topological polar surface area (TPSA) is 87.5 Å². The minimum absolute atomic E-state index is 0.0128. The van der Waals surface area contributed by atoms with E-state index >= 15 is 0 Å². The highest BCUT2D eigenvalue weighted by Gasteiger charge is 2.32. The van der Waals surface area contributed by atoms with Crippen molar-refractivity contribution in [3.05, 3.63) is 18.2 Å². The van der Waals surface area contributed by atoms with E-state index in [1.807, 2.05) is 17.8 Å². The Labute approximate surface area is 131 Å². The molecule has 1 atom stereocenters. The Morgan fingerprint density at radius 3 is 2.86 bits per heavy atom. The third-order valence-corrected chi connectivity index (χ3v) is 5.73. The van der Waals surface area contributed by atoms with Gasteiger partial charge in [-0.1, -0.05) is 0 Å². The van der Waals surface area contributed by atoms with Crippen LogP contribution >= 0.6 is 0 Å². The second-order valence-corrected chi connectivity index (χ2v) is 7.72. The number of aryl methyl sites for hydroxylation is 1. The molecule has 1 N–H and O–H groups in total. The van der Waals surface area contributed by atoms with Crippen molar-refractivity contribution in [2.75, 3.05) is 39.0 Å². The molecule has 2 heterocycles. The highest BCUT2D eigenvalue weighted by molar-refractivity contribution is 7.89. The number of rotatable bonds is 5. The molecule has 1 fully saturated rings. The molecule has 22 heavy (non-hydrogen) atoms. The summed E-state index contributed by atoms with van der Waals surface area (Å²) < 4.78 is 26.6. The normalized spacial score (nSPS) is 19.6. The third-order valence-electron chi connectivity index (χ3n) is 3.92. The number of amides is 1. The van der Waals surface area contributed by atoms with Crippen molar-refractivity contribution in [2.24, 2.45) is 7.05 Å². The van der Waals surface area contributed by atoms with Crippen LogP contribution in [0.5, 0.6) is 0 Å². The van der Waals surface area contributed by atoms with Gasteiger partial charge in [-0.3, -0.25) is 4.79 Å². The second kappa shape index (κ2) is 6.76. The molecule has 1 aliphatic rings. The van der Waals surface area contributed by atoms with Crippen molar-refractivity contribution in [1.29, 1.82) is 0 Å². The van der Waals surface area contributed by atoms with Crippen molar-refractivity contribution in [2.45, 2.75) is 13.0 Å². The van der Waals surface area contributed by atoms with Crippen LogP contribution in [0, 0.1) is 0 Å². The summed E-state index contributed by atoms with van der Waals surface area (Å²) in [6, 6.07) is -0.181. The summed E-state index contributed by atoms with van der Waals surface area (Å²) in [5.41, 5.74) is 0. The summed E-state index contributed by atoms with van der Waals surface area (Å²) in [6.07, 6.45) is 3.53. The summed E-state index contributed by atoms with van der Waals surface area (Å²) in [6.45, 7) is 3.27. The number of nitrogens with one attached hydrogen (secondary N) is 1. The highest BCUT2D eigenvalue weighted by Crippen LogP contribution is 2.20. The number of imidazole rings is 1. The fraction of sp³-hybridized carbons (Fsp3) is 0.692. The van der Waals surface area contributed by atoms with Crippen LogP contribution in [0.25, 0.3) is 0 Å². The first-order valence-electron chi connectivity index (χ1n) is 7.28. The standard InChI is InChI=1S/C13H23N5O3S/c1-4-22(20,21)17(3)10-12(19)18-8-5-14-9-11(18)13-15-6-7-16(13)2/h6-7,11,14H,4-5,8-10H2,1-3H3. The number of aromatic nitrogens is 2. The summed E-state index contributed by atoms with van der Waals surface area (Å²) in [7, 11) is -0.0406. The predicted octanol–water partition coefficient (Wildman–Crippen LogP) is -0.825. The lowest BCUT2D eigenvalue weighted by Crippen LogP contribution is -2.52. The Balaban J connectivity index is 2.14. The molecule has 0 saturated carbocycles. The molecule has 1 aromatic heterocycles. The summed E-state index contributed by atoms with van der Waals surface area (Å²) in [5.74, 6) is 0.580. The first-order valence-corrected chi connectivity index (χ1v) is 8.89. The number of sulfonamides is 1. The van der Waals surface area contributed by atoms with Gasteiger partial charge in [-0.05, 0) is 6.92 Å². The van der Waals surface area contributed by atoms with Gasteiger partial charge in [-0.25, -0.2) is 13.4 Å². The van der Waals surface area contributed by atoms with E-state index in [0.29, 0.717) is 19.6 Å². The molecule has 8 nitrogen and oxygen atoms in total. The van der Waals surface area contributed by atoms with Crippen molar-refractivity contribution < 1.29 is 13.2 Å². The van der Waals surface area contributed by atoms with Gasteiger partial charge in [0.25, 0.3) is 0 Å². The van der Waals surface area contributed by atoms with Crippen LogP contribution in [0.15, 0.2) is 12.4 Å². The first kappa shape index (κ1) is 16.9. The van der Waals surface area contributed by atoms with Crippen LogP contribution < -0.4 is 5.32 Å². The van der Waals surface area contributed by atoms with E-state index in [2.05, 4.69) is 10.3 Å². The van der Waals surface area contributed by atoms with Crippen molar-refractivity contribution in [3.63, 3.8) is 0 Å².